The molecule has 0 heterocycles. The summed E-state index contributed by atoms with van der Waals surface area (Å²) in [6.07, 6.45) is 6.62. The molecule has 2 fully saturated rings. The van der Waals surface area contributed by atoms with E-state index in [0.717, 1.165) is 12.8 Å². The van der Waals surface area contributed by atoms with E-state index in [0.29, 0.717) is 19.6 Å². The van der Waals surface area contributed by atoms with Gasteiger partial charge in [0.2, 0.25) is 5.91 Å². The van der Waals surface area contributed by atoms with Gasteiger partial charge in [0, 0.05) is 30.4 Å². The molecule has 0 aliphatic heterocycles. The van der Waals surface area contributed by atoms with E-state index in [1.165, 1.54) is 30.4 Å². The van der Waals surface area contributed by atoms with Crippen molar-refractivity contribution in [1.82, 2.24) is 5.32 Å². The van der Waals surface area contributed by atoms with Gasteiger partial charge < -0.3 is 15.8 Å². The summed E-state index contributed by atoms with van der Waals surface area (Å²) in [7, 11) is 0. The molecule has 0 bridgehead atoms. The highest BCUT2D eigenvalue weighted by Crippen LogP contribution is 2.50. The maximum absolute atomic E-state index is 13.1. The van der Waals surface area contributed by atoms with Crippen molar-refractivity contribution in [1.29, 1.82) is 0 Å². The minimum Gasteiger partial charge on any atom is -0.378 e. The molecule has 0 aromatic heterocycles. The van der Waals surface area contributed by atoms with Gasteiger partial charge in [0.15, 0.2) is 0 Å². The molecule has 27 heavy (non-hydrogen) atoms. The van der Waals surface area contributed by atoms with Crippen LogP contribution in [0.3, 0.4) is 0 Å². The number of carbonyl (C=O) groups is 1. The Morgan fingerprint density at radius 1 is 1.26 bits per heavy atom. The lowest BCUT2D eigenvalue weighted by Gasteiger charge is -2.57. The molecule has 1 amide bonds. The van der Waals surface area contributed by atoms with Crippen molar-refractivity contribution in [2.45, 2.75) is 83.3 Å². The zero-order chi connectivity index (χ0) is 19.7. The predicted octanol–water partition coefficient (Wildman–Crippen LogP) is 3.85. The van der Waals surface area contributed by atoms with Gasteiger partial charge in [0.1, 0.15) is 5.54 Å². The van der Waals surface area contributed by atoms with Crippen molar-refractivity contribution in [2.24, 2.45) is 11.1 Å². The van der Waals surface area contributed by atoms with Crippen LogP contribution in [0.5, 0.6) is 0 Å². The van der Waals surface area contributed by atoms with E-state index in [1.807, 2.05) is 20.8 Å². The summed E-state index contributed by atoms with van der Waals surface area (Å²) in [5, 5.41) is 3.25. The molecule has 2 aliphatic rings. The summed E-state index contributed by atoms with van der Waals surface area (Å²) in [5.74, 6) is -0.0268. The fraction of sp³-hybridized carbons (Fsp3) is 0.696. The van der Waals surface area contributed by atoms with E-state index in [2.05, 4.69) is 36.5 Å². The van der Waals surface area contributed by atoms with E-state index in [1.54, 1.807) is 0 Å². The lowest BCUT2D eigenvalue weighted by atomic mass is 9.54. The first-order valence-electron chi connectivity index (χ1n) is 10.5. The summed E-state index contributed by atoms with van der Waals surface area (Å²) in [5.41, 5.74) is 8.03. The minimum absolute atomic E-state index is 0.0268. The molecule has 0 radical (unpaired) electrons. The zero-order valence-corrected chi connectivity index (χ0v) is 17.4. The second-order valence-corrected chi connectivity index (χ2v) is 9.23. The van der Waals surface area contributed by atoms with E-state index in [-0.39, 0.29) is 22.8 Å². The normalized spacial score (nSPS) is 29.0. The number of carbonyl (C=O) groups excluding carboxylic acids is 1. The maximum atomic E-state index is 13.1. The fourth-order valence-electron chi connectivity index (χ4n) is 5.00. The number of benzene rings is 1. The molecular weight excluding hydrogens is 336 g/mol. The number of rotatable bonds is 6. The molecular formula is C23H36N2O2. The Morgan fingerprint density at radius 3 is 2.56 bits per heavy atom. The molecule has 0 saturated heterocycles. The summed E-state index contributed by atoms with van der Waals surface area (Å²) in [6, 6.07) is 8.78. The van der Waals surface area contributed by atoms with Gasteiger partial charge >= 0.3 is 0 Å². The number of amides is 1. The molecule has 3 N–H and O–H groups in total. The van der Waals surface area contributed by atoms with Gasteiger partial charge in [-0.3, -0.25) is 4.79 Å². The molecule has 2 saturated carbocycles. The van der Waals surface area contributed by atoms with Crippen molar-refractivity contribution >= 4 is 5.91 Å². The van der Waals surface area contributed by atoms with Gasteiger partial charge in [0.05, 0.1) is 6.10 Å². The first-order chi connectivity index (χ1) is 12.7. The minimum atomic E-state index is -0.852. The Morgan fingerprint density at radius 2 is 1.96 bits per heavy atom. The molecule has 1 aromatic rings. The largest absolute Gasteiger partial charge is 0.378 e. The first-order valence-corrected chi connectivity index (χ1v) is 10.5. The molecule has 2 unspecified atom stereocenters. The van der Waals surface area contributed by atoms with E-state index in [9.17, 15) is 4.79 Å². The second-order valence-electron chi connectivity index (χ2n) is 9.23. The van der Waals surface area contributed by atoms with Crippen molar-refractivity contribution in [2.75, 3.05) is 13.2 Å². The summed E-state index contributed by atoms with van der Waals surface area (Å²) >= 11 is 0. The molecule has 2 aliphatic carbocycles. The molecule has 0 spiro atoms. The monoisotopic (exact) mass is 372 g/mol. The Hall–Kier alpha value is -1.39. The molecule has 4 nitrogen and oxygen atoms in total. The predicted molar refractivity (Wildman–Crippen MR) is 110 cm³/mol. The third-order valence-electron chi connectivity index (χ3n) is 7.26. The third kappa shape index (κ3) is 3.54. The summed E-state index contributed by atoms with van der Waals surface area (Å²) in [6.45, 7) is 9.55. The molecule has 2 atom stereocenters. The van der Waals surface area contributed by atoms with Crippen LogP contribution in [0.1, 0.15) is 70.4 Å². The van der Waals surface area contributed by atoms with E-state index in [4.69, 9.17) is 10.5 Å². The number of hydrogen-bond donors (Lipinski definition) is 2. The van der Waals surface area contributed by atoms with Crippen LogP contribution in [0.15, 0.2) is 24.3 Å². The molecule has 150 valence electrons. The Balaban J connectivity index is 1.74. The average Bonchev–Trinajstić information content (AvgIpc) is 2.66. The van der Waals surface area contributed by atoms with Crippen LogP contribution in [-0.4, -0.2) is 30.7 Å². The SMILES string of the molecule is CCOC1CC(N)(C(=O)NCC2(c3cccc(C)c3)CCCCC2)C1(C)C. The van der Waals surface area contributed by atoms with Gasteiger partial charge in [-0.05, 0) is 32.3 Å². The van der Waals surface area contributed by atoms with Crippen LogP contribution in [0.25, 0.3) is 0 Å². The van der Waals surface area contributed by atoms with Crippen molar-refractivity contribution < 1.29 is 9.53 Å². The first kappa shape index (κ1) is 20.3. The van der Waals surface area contributed by atoms with Crippen LogP contribution >= 0.6 is 0 Å². The van der Waals surface area contributed by atoms with Gasteiger partial charge in [-0.2, -0.15) is 0 Å². The van der Waals surface area contributed by atoms with Crippen LogP contribution in [-0.2, 0) is 14.9 Å². The lowest BCUT2D eigenvalue weighted by Crippen LogP contribution is -2.76. The van der Waals surface area contributed by atoms with Crippen LogP contribution in [0.4, 0.5) is 0 Å². The second kappa shape index (κ2) is 7.56. The van der Waals surface area contributed by atoms with Crippen LogP contribution in [0, 0.1) is 12.3 Å². The highest BCUT2D eigenvalue weighted by molar-refractivity contribution is 5.88. The van der Waals surface area contributed by atoms with Gasteiger partial charge in [0.25, 0.3) is 0 Å². The number of hydrogen-bond acceptors (Lipinski definition) is 3. The maximum Gasteiger partial charge on any atom is 0.240 e. The van der Waals surface area contributed by atoms with E-state index >= 15 is 0 Å². The topological polar surface area (TPSA) is 64.3 Å². The van der Waals surface area contributed by atoms with E-state index < -0.39 is 5.54 Å². The summed E-state index contributed by atoms with van der Waals surface area (Å²) in [4.78, 5) is 13.1. The zero-order valence-electron chi connectivity index (χ0n) is 17.4. The molecule has 1 aromatic carbocycles. The van der Waals surface area contributed by atoms with Crippen LogP contribution < -0.4 is 11.1 Å². The molecule has 3 rings (SSSR count). The highest BCUT2D eigenvalue weighted by atomic mass is 16.5. The van der Waals surface area contributed by atoms with Gasteiger partial charge in [-0.25, -0.2) is 0 Å². The number of aryl methyl sites for hydroxylation is 1. The van der Waals surface area contributed by atoms with Crippen LogP contribution in [0.2, 0.25) is 0 Å². The van der Waals surface area contributed by atoms with Crippen molar-refractivity contribution in [3.63, 3.8) is 0 Å². The number of ether oxygens (including phenoxy) is 1. The Labute approximate surface area is 164 Å². The van der Waals surface area contributed by atoms with Crippen molar-refractivity contribution in [3.8, 4) is 0 Å². The quantitative estimate of drug-likeness (QED) is 0.797. The van der Waals surface area contributed by atoms with Gasteiger partial charge in [-0.15, -0.1) is 0 Å². The number of nitrogens with two attached hydrogens (primary N) is 1. The number of nitrogens with one attached hydrogen (secondary N) is 1. The average molecular weight is 373 g/mol. The summed E-state index contributed by atoms with van der Waals surface area (Å²) < 4.78 is 5.78. The van der Waals surface area contributed by atoms with Gasteiger partial charge in [-0.1, -0.05) is 62.9 Å². The standard InChI is InChI=1S/C23H36N2O2/c1-5-27-19-15-23(24,21(19,3)4)20(26)25-16-22(12-7-6-8-13-22)18-11-9-10-17(2)14-18/h9-11,14,19H,5-8,12-13,15-16,24H2,1-4H3,(H,25,26). The smallest absolute Gasteiger partial charge is 0.240 e. The highest BCUT2D eigenvalue weighted by Gasteiger charge is 2.62. The third-order valence-corrected chi connectivity index (χ3v) is 7.26. The Bertz CT molecular complexity index is 679. The lowest BCUT2D eigenvalue weighted by molar-refractivity contribution is -0.170. The molecule has 4 heteroatoms. The van der Waals surface area contributed by atoms with Crippen molar-refractivity contribution in [3.05, 3.63) is 35.4 Å². The Kier molecular flexibility index (Phi) is 5.69. The fourth-order valence-corrected chi connectivity index (χ4v) is 5.00.